The molecule has 1 atom stereocenters. The van der Waals surface area contributed by atoms with Crippen molar-refractivity contribution in [3.63, 3.8) is 0 Å². The van der Waals surface area contributed by atoms with Crippen molar-refractivity contribution in [3.05, 3.63) is 47.5 Å². The Kier molecular flexibility index (Phi) is 4.43. The first kappa shape index (κ1) is 16.1. The molecule has 0 amide bonds. The Hall–Kier alpha value is -2.36. The summed E-state index contributed by atoms with van der Waals surface area (Å²) in [6, 6.07) is 11.9. The lowest BCUT2D eigenvalue weighted by atomic mass is 10.1. The van der Waals surface area contributed by atoms with Gasteiger partial charge in [-0.3, -0.25) is 4.90 Å². The van der Waals surface area contributed by atoms with Gasteiger partial charge in [0.25, 0.3) is 0 Å². The molecule has 1 aliphatic heterocycles. The molecule has 1 saturated carbocycles. The maximum absolute atomic E-state index is 10.4. The standard InChI is InChI=1S/C19H22N4O2/c20-12-16-19(25-18(21-16)15-6-7-15)23-10-8-22(9-11-23)13-17(24)14-4-2-1-3-5-14/h1-5,15,17,24H,6-11,13H2/t17-/m1/s1. The summed E-state index contributed by atoms with van der Waals surface area (Å²) in [5.74, 6) is 1.74. The van der Waals surface area contributed by atoms with E-state index < -0.39 is 6.10 Å². The minimum absolute atomic E-state index is 0.402. The summed E-state index contributed by atoms with van der Waals surface area (Å²) in [4.78, 5) is 8.70. The molecule has 0 radical (unpaired) electrons. The van der Waals surface area contributed by atoms with E-state index in [1.165, 1.54) is 0 Å². The van der Waals surface area contributed by atoms with E-state index in [-0.39, 0.29) is 0 Å². The van der Waals surface area contributed by atoms with E-state index in [2.05, 4.69) is 20.9 Å². The lowest BCUT2D eigenvalue weighted by molar-refractivity contribution is 0.109. The van der Waals surface area contributed by atoms with Crippen LogP contribution in [0.4, 0.5) is 5.88 Å². The van der Waals surface area contributed by atoms with E-state index in [1.54, 1.807) is 0 Å². The van der Waals surface area contributed by atoms with Gasteiger partial charge in [-0.2, -0.15) is 5.26 Å². The molecule has 0 bridgehead atoms. The molecule has 6 nitrogen and oxygen atoms in total. The van der Waals surface area contributed by atoms with Crippen LogP contribution in [-0.2, 0) is 0 Å². The molecule has 6 heteroatoms. The Morgan fingerprint density at radius 2 is 1.92 bits per heavy atom. The summed E-state index contributed by atoms with van der Waals surface area (Å²) in [7, 11) is 0. The number of piperazine rings is 1. The van der Waals surface area contributed by atoms with Gasteiger partial charge < -0.3 is 14.4 Å². The smallest absolute Gasteiger partial charge is 0.234 e. The molecule has 1 aromatic heterocycles. The van der Waals surface area contributed by atoms with E-state index in [1.807, 2.05) is 30.3 Å². The zero-order valence-corrected chi connectivity index (χ0v) is 14.1. The summed E-state index contributed by atoms with van der Waals surface area (Å²) >= 11 is 0. The molecule has 130 valence electrons. The van der Waals surface area contributed by atoms with Crippen molar-refractivity contribution in [2.45, 2.75) is 24.9 Å². The van der Waals surface area contributed by atoms with E-state index in [9.17, 15) is 10.4 Å². The van der Waals surface area contributed by atoms with Crippen molar-refractivity contribution in [3.8, 4) is 6.07 Å². The second kappa shape index (κ2) is 6.87. The van der Waals surface area contributed by atoms with Crippen LogP contribution in [0.3, 0.4) is 0 Å². The van der Waals surface area contributed by atoms with Crippen molar-refractivity contribution in [2.24, 2.45) is 0 Å². The summed E-state index contributed by atoms with van der Waals surface area (Å²) in [6.07, 6.45) is 1.74. The van der Waals surface area contributed by atoms with Gasteiger partial charge in [-0.15, -0.1) is 0 Å². The lowest BCUT2D eigenvalue weighted by Crippen LogP contribution is -2.47. The first-order valence-corrected chi connectivity index (χ1v) is 8.85. The van der Waals surface area contributed by atoms with Crippen LogP contribution in [-0.4, -0.2) is 47.7 Å². The van der Waals surface area contributed by atoms with Crippen LogP contribution in [0, 0.1) is 11.3 Å². The third kappa shape index (κ3) is 3.53. The number of nitriles is 1. The molecule has 2 fully saturated rings. The van der Waals surface area contributed by atoms with Crippen molar-refractivity contribution in [1.29, 1.82) is 5.26 Å². The summed E-state index contributed by atoms with van der Waals surface area (Å²) in [5.41, 5.74) is 1.35. The fraction of sp³-hybridized carbons (Fsp3) is 0.474. The van der Waals surface area contributed by atoms with Gasteiger partial charge in [0.15, 0.2) is 0 Å². The van der Waals surface area contributed by atoms with Gasteiger partial charge in [0.2, 0.25) is 17.5 Å². The minimum atomic E-state index is -0.478. The van der Waals surface area contributed by atoms with Crippen molar-refractivity contribution < 1.29 is 9.52 Å². The zero-order valence-electron chi connectivity index (χ0n) is 14.1. The van der Waals surface area contributed by atoms with Crippen molar-refractivity contribution >= 4 is 5.88 Å². The predicted molar refractivity (Wildman–Crippen MR) is 93.2 cm³/mol. The van der Waals surface area contributed by atoms with Crippen LogP contribution >= 0.6 is 0 Å². The van der Waals surface area contributed by atoms with E-state index in [0.29, 0.717) is 29.9 Å². The van der Waals surface area contributed by atoms with Crippen molar-refractivity contribution in [1.82, 2.24) is 9.88 Å². The first-order valence-electron chi connectivity index (χ1n) is 8.85. The molecule has 25 heavy (non-hydrogen) atoms. The maximum atomic E-state index is 10.4. The molecule has 2 heterocycles. The maximum Gasteiger partial charge on any atom is 0.234 e. The Balaban J connectivity index is 1.36. The topological polar surface area (TPSA) is 76.5 Å². The fourth-order valence-electron chi connectivity index (χ4n) is 3.28. The second-order valence-corrected chi connectivity index (χ2v) is 6.81. The SMILES string of the molecule is N#Cc1nc(C2CC2)oc1N1CCN(C[C@@H](O)c2ccccc2)CC1. The normalized spacial score (nSPS) is 19.6. The first-order chi connectivity index (χ1) is 12.2. The van der Waals surface area contributed by atoms with Crippen LogP contribution in [0.15, 0.2) is 34.7 Å². The molecular formula is C19H22N4O2. The van der Waals surface area contributed by atoms with Crippen molar-refractivity contribution in [2.75, 3.05) is 37.6 Å². The molecule has 0 spiro atoms. The number of aromatic nitrogens is 1. The Labute approximate surface area is 147 Å². The molecule has 1 N–H and O–H groups in total. The average molecular weight is 338 g/mol. The highest BCUT2D eigenvalue weighted by Crippen LogP contribution is 2.41. The quantitative estimate of drug-likeness (QED) is 0.901. The average Bonchev–Trinajstić information content (AvgIpc) is 3.42. The number of aliphatic hydroxyl groups is 1. The molecule has 1 saturated heterocycles. The van der Waals surface area contributed by atoms with Crippen LogP contribution in [0.5, 0.6) is 0 Å². The molecule has 0 unspecified atom stereocenters. The van der Waals surface area contributed by atoms with Crippen LogP contribution in [0.2, 0.25) is 0 Å². The summed E-state index contributed by atoms with van der Waals surface area (Å²) in [6.45, 7) is 3.82. The van der Waals surface area contributed by atoms with Gasteiger partial charge in [-0.25, -0.2) is 4.98 Å². The molecule has 1 aromatic carbocycles. The number of anilines is 1. The largest absolute Gasteiger partial charge is 0.423 e. The molecule has 1 aliphatic carbocycles. The van der Waals surface area contributed by atoms with Crippen LogP contribution in [0.1, 0.15) is 42.0 Å². The number of hydrogen-bond donors (Lipinski definition) is 1. The number of rotatable bonds is 5. The van der Waals surface area contributed by atoms with Gasteiger partial charge in [0.05, 0.1) is 6.10 Å². The van der Waals surface area contributed by atoms with Gasteiger partial charge >= 0.3 is 0 Å². The molecule has 2 aliphatic rings. The summed E-state index contributed by atoms with van der Waals surface area (Å²) < 4.78 is 5.88. The Morgan fingerprint density at radius 1 is 1.20 bits per heavy atom. The molecule has 2 aromatic rings. The Bertz CT molecular complexity index is 755. The number of aliphatic hydroxyl groups excluding tert-OH is 1. The monoisotopic (exact) mass is 338 g/mol. The van der Waals surface area contributed by atoms with Gasteiger partial charge in [-0.05, 0) is 18.4 Å². The number of hydrogen-bond acceptors (Lipinski definition) is 6. The summed E-state index contributed by atoms with van der Waals surface area (Å²) in [5, 5.41) is 19.7. The zero-order chi connectivity index (χ0) is 17.2. The van der Waals surface area contributed by atoms with Crippen LogP contribution in [0.25, 0.3) is 0 Å². The highest BCUT2D eigenvalue weighted by Gasteiger charge is 2.32. The highest BCUT2D eigenvalue weighted by atomic mass is 16.4. The second-order valence-electron chi connectivity index (χ2n) is 6.81. The highest BCUT2D eigenvalue weighted by molar-refractivity contribution is 5.48. The lowest BCUT2D eigenvalue weighted by Gasteiger charge is -2.35. The predicted octanol–water partition coefficient (Wildman–Crippen LogP) is 2.28. The Morgan fingerprint density at radius 3 is 2.56 bits per heavy atom. The number of nitrogens with zero attached hydrogens (tertiary/aromatic N) is 4. The number of benzene rings is 1. The van der Waals surface area contributed by atoms with E-state index in [4.69, 9.17) is 4.42 Å². The number of β-amino-alcohol motifs (C(OH)–C–C–N with tert-alkyl or cyclic N) is 1. The third-order valence-corrected chi connectivity index (χ3v) is 4.93. The molecular weight excluding hydrogens is 316 g/mol. The van der Waals surface area contributed by atoms with Gasteiger partial charge in [0, 0.05) is 38.6 Å². The third-order valence-electron chi connectivity index (χ3n) is 4.93. The van der Waals surface area contributed by atoms with Crippen LogP contribution < -0.4 is 4.90 Å². The number of oxazole rings is 1. The van der Waals surface area contributed by atoms with Gasteiger partial charge in [-0.1, -0.05) is 30.3 Å². The minimum Gasteiger partial charge on any atom is -0.423 e. The van der Waals surface area contributed by atoms with E-state index >= 15 is 0 Å². The fourth-order valence-corrected chi connectivity index (χ4v) is 3.28. The van der Waals surface area contributed by atoms with Gasteiger partial charge in [0.1, 0.15) is 6.07 Å². The van der Waals surface area contributed by atoms with E-state index in [0.717, 1.165) is 44.6 Å². The molecule has 4 rings (SSSR count).